The third-order valence-corrected chi connectivity index (χ3v) is 3.68. The second kappa shape index (κ2) is 6.55. The summed E-state index contributed by atoms with van der Waals surface area (Å²) in [5, 5.41) is 11.9. The summed E-state index contributed by atoms with van der Waals surface area (Å²) >= 11 is 0. The number of aliphatic carboxylic acids is 1. The predicted octanol–water partition coefficient (Wildman–Crippen LogP) is 2.46. The molecular weight excluding hydrogens is 226 g/mol. The van der Waals surface area contributed by atoms with Gasteiger partial charge in [0.15, 0.2) is 0 Å². The number of hydrogen-bond acceptors (Lipinski definition) is 2. The van der Waals surface area contributed by atoms with Gasteiger partial charge in [-0.1, -0.05) is 30.3 Å². The summed E-state index contributed by atoms with van der Waals surface area (Å²) in [6.07, 6.45) is 4.98. The molecule has 1 fully saturated rings. The molecular formula is C15H21NO2. The molecule has 0 bridgehead atoms. The zero-order valence-electron chi connectivity index (χ0n) is 10.6. The van der Waals surface area contributed by atoms with E-state index in [4.69, 9.17) is 5.11 Å². The van der Waals surface area contributed by atoms with E-state index < -0.39 is 5.97 Å². The first-order valence-corrected chi connectivity index (χ1v) is 6.73. The summed E-state index contributed by atoms with van der Waals surface area (Å²) in [6, 6.07) is 11.1. The van der Waals surface area contributed by atoms with Crippen LogP contribution in [0.2, 0.25) is 0 Å². The molecule has 0 aliphatic heterocycles. The van der Waals surface area contributed by atoms with Gasteiger partial charge >= 0.3 is 5.97 Å². The molecule has 18 heavy (non-hydrogen) atoms. The molecule has 2 N–H and O–H groups in total. The maximum Gasteiger partial charge on any atom is 0.304 e. The van der Waals surface area contributed by atoms with Gasteiger partial charge in [0, 0.05) is 12.6 Å². The van der Waals surface area contributed by atoms with E-state index in [9.17, 15) is 4.79 Å². The van der Waals surface area contributed by atoms with Crippen LogP contribution < -0.4 is 5.32 Å². The fourth-order valence-electron chi connectivity index (χ4n) is 2.78. The van der Waals surface area contributed by atoms with Gasteiger partial charge in [0.1, 0.15) is 0 Å². The van der Waals surface area contributed by atoms with Crippen LogP contribution in [0, 0.1) is 5.92 Å². The van der Waals surface area contributed by atoms with Gasteiger partial charge in [0.2, 0.25) is 0 Å². The number of carboxylic acid groups (broad SMARTS) is 1. The van der Waals surface area contributed by atoms with Crippen LogP contribution >= 0.6 is 0 Å². The highest BCUT2D eigenvalue weighted by Gasteiger charge is 2.24. The highest BCUT2D eigenvalue weighted by molar-refractivity contribution is 5.66. The molecule has 2 atom stereocenters. The van der Waals surface area contributed by atoms with E-state index in [1.54, 1.807) is 0 Å². The zero-order valence-corrected chi connectivity index (χ0v) is 10.6. The van der Waals surface area contributed by atoms with Crippen molar-refractivity contribution in [3.63, 3.8) is 0 Å². The summed E-state index contributed by atoms with van der Waals surface area (Å²) in [5.74, 6) is 0.0241. The first kappa shape index (κ1) is 13.1. The van der Waals surface area contributed by atoms with Gasteiger partial charge in [-0.25, -0.2) is 0 Å². The van der Waals surface area contributed by atoms with Crippen molar-refractivity contribution in [1.82, 2.24) is 5.32 Å². The Morgan fingerprint density at radius 2 is 2.06 bits per heavy atom. The Bertz CT molecular complexity index is 377. The lowest BCUT2D eigenvalue weighted by Crippen LogP contribution is -2.28. The molecule has 2 unspecified atom stereocenters. The minimum Gasteiger partial charge on any atom is -0.481 e. The van der Waals surface area contributed by atoms with Crippen LogP contribution in [-0.4, -0.2) is 23.7 Å². The van der Waals surface area contributed by atoms with Crippen molar-refractivity contribution in [2.24, 2.45) is 5.92 Å². The summed E-state index contributed by atoms with van der Waals surface area (Å²) in [6.45, 7) is 0.595. The van der Waals surface area contributed by atoms with Crippen LogP contribution in [0.4, 0.5) is 0 Å². The topological polar surface area (TPSA) is 49.3 Å². The standard InChI is InChI=1S/C15H21NO2/c17-15(18)8-9-16-14-7-6-13(11-14)10-12-4-2-1-3-5-12/h1-5,13-14,16H,6-11H2,(H,17,18). The van der Waals surface area contributed by atoms with Crippen LogP contribution in [0.1, 0.15) is 31.2 Å². The van der Waals surface area contributed by atoms with Crippen molar-refractivity contribution in [3.8, 4) is 0 Å². The number of nitrogens with one attached hydrogen (secondary N) is 1. The first-order valence-electron chi connectivity index (χ1n) is 6.73. The van der Waals surface area contributed by atoms with Crippen molar-refractivity contribution >= 4 is 5.97 Å². The Balaban J connectivity index is 1.70. The van der Waals surface area contributed by atoms with Crippen LogP contribution in [0.5, 0.6) is 0 Å². The van der Waals surface area contributed by atoms with E-state index in [1.807, 2.05) is 0 Å². The number of benzene rings is 1. The Morgan fingerprint density at radius 1 is 1.28 bits per heavy atom. The number of carbonyl (C=O) groups is 1. The van der Waals surface area contributed by atoms with E-state index >= 15 is 0 Å². The van der Waals surface area contributed by atoms with Gasteiger partial charge in [-0.05, 0) is 37.2 Å². The Hall–Kier alpha value is -1.35. The van der Waals surface area contributed by atoms with Gasteiger partial charge in [0.25, 0.3) is 0 Å². The summed E-state index contributed by atoms with van der Waals surface area (Å²) in [4.78, 5) is 10.4. The lowest BCUT2D eigenvalue weighted by atomic mass is 9.98. The Kier molecular flexibility index (Phi) is 4.76. The molecule has 3 heteroatoms. The molecule has 1 aliphatic rings. The van der Waals surface area contributed by atoms with E-state index in [0.717, 1.165) is 12.3 Å². The first-order chi connectivity index (χ1) is 8.74. The average molecular weight is 247 g/mol. The molecule has 2 rings (SSSR count). The van der Waals surface area contributed by atoms with Gasteiger partial charge < -0.3 is 10.4 Å². The van der Waals surface area contributed by atoms with Crippen molar-refractivity contribution < 1.29 is 9.90 Å². The molecule has 98 valence electrons. The van der Waals surface area contributed by atoms with Crippen molar-refractivity contribution in [3.05, 3.63) is 35.9 Å². The van der Waals surface area contributed by atoms with Crippen molar-refractivity contribution in [2.75, 3.05) is 6.54 Å². The van der Waals surface area contributed by atoms with Crippen LogP contribution in [0.3, 0.4) is 0 Å². The largest absolute Gasteiger partial charge is 0.481 e. The molecule has 0 spiro atoms. The molecule has 1 aliphatic carbocycles. The second-order valence-corrected chi connectivity index (χ2v) is 5.16. The monoisotopic (exact) mass is 247 g/mol. The van der Waals surface area contributed by atoms with E-state index in [0.29, 0.717) is 12.6 Å². The number of hydrogen-bond donors (Lipinski definition) is 2. The lowest BCUT2D eigenvalue weighted by molar-refractivity contribution is -0.136. The molecule has 3 nitrogen and oxygen atoms in total. The van der Waals surface area contributed by atoms with Gasteiger partial charge in [0.05, 0.1) is 6.42 Å². The Labute approximate surface area is 108 Å². The van der Waals surface area contributed by atoms with Gasteiger partial charge in [-0.15, -0.1) is 0 Å². The number of carboxylic acids is 1. The van der Waals surface area contributed by atoms with E-state index in [1.165, 1.54) is 24.8 Å². The zero-order chi connectivity index (χ0) is 12.8. The average Bonchev–Trinajstić information content (AvgIpc) is 2.78. The Morgan fingerprint density at radius 3 is 2.78 bits per heavy atom. The third-order valence-electron chi connectivity index (χ3n) is 3.68. The molecule has 0 radical (unpaired) electrons. The molecule has 1 saturated carbocycles. The maximum absolute atomic E-state index is 10.4. The van der Waals surface area contributed by atoms with Crippen LogP contribution in [0.15, 0.2) is 30.3 Å². The molecule has 0 heterocycles. The molecule has 0 amide bonds. The minimum absolute atomic E-state index is 0.222. The summed E-state index contributed by atoms with van der Waals surface area (Å²) < 4.78 is 0. The fourth-order valence-corrected chi connectivity index (χ4v) is 2.78. The minimum atomic E-state index is -0.721. The normalized spacial score (nSPS) is 23.1. The molecule has 0 saturated heterocycles. The van der Waals surface area contributed by atoms with Gasteiger partial charge in [-0.2, -0.15) is 0 Å². The van der Waals surface area contributed by atoms with Crippen LogP contribution in [0.25, 0.3) is 0 Å². The second-order valence-electron chi connectivity index (χ2n) is 5.16. The van der Waals surface area contributed by atoms with E-state index in [2.05, 4.69) is 35.6 Å². The molecule has 0 aromatic heterocycles. The molecule has 1 aromatic carbocycles. The smallest absolute Gasteiger partial charge is 0.304 e. The summed E-state index contributed by atoms with van der Waals surface area (Å²) in [5.41, 5.74) is 1.41. The summed E-state index contributed by atoms with van der Waals surface area (Å²) in [7, 11) is 0. The SMILES string of the molecule is O=C(O)CCNC1CCC(Cc2ccccc2)C1. The van der Waals surface area contributed by atoms with E-state index in [-0.39, 0.29) is 6.42 Å². The maximum atomic E-state index is 10.4. The predicted molar refractivity (Wildman–Crippen MR) is 71.5 cm³/mol. The quantitative estimate of drug-likeness (QED) is 0.812. The number of rotatable bonds is 6. The third kappa shape index (κ3) is 4.15. The fraction of sp³-hybridized carbons (Fsp3) is 0.533. The van der Waals surface area contributed by atoms with Crippen molar-refractivity contribution in [1.29, 1.82) is 0 Å². The lowest BCUT2D eigenvalue weighted by Gasteiger charge is -2.12. The highest BCUT2D eigenvalue weighted by atomic mass is 16.4. The van der Waals surface area contributed by atoms with Crippen molar-refractivity contribution in [2.45, 2.75) is 38.1 Å². The van der Waals surface area contributed by atoms with Crippen LogP contribution in [-0.2, 0) is 11.2 Å². The highest BCUT2D eigenvalue weighted by Crippen LogP contribution is 2.28. The molecule has 1 aromatic rings. The van der Waals surface area contributed by atoms with Gasteiger partial charge in [-0.3, -0.25) is 4.79 Å².